The van der Waals surface area contributed by atoms with Crippen LogP contribution in [-0.2, 0) is 0 Å². The molecule has 0 aliphatic carbocycles. The molecular weight excluding hydrogens is 346 g/mol. The number of halogens is 1. The second kappa shape index (κ2) is 6.07. The Bertz CT molecular complexity index is 817. The number of hydrogen-bond donors (Lipinski definition) is 1. The van der Waals surface area contributed by atoms with Crippen molar-refractivity contribution in [2.24, 2.45) is 0 Å². The third-order valence-corrected chi connectivity index (χ3v) is 3.65. The van der Waals surface area contributed by atoms with E-state index in [-0.39, 0.29) is 5.91 Å². The number of carbonyl (C=O) groups excluding carboxylic acids is 1. The molecule has 110 valence electrons. The van der Waals surface area contributed by atoms with Gasteiger partial charge in [0.1, 0.15) is 6.33 Å². The van der Waals surface area contributed by atoms with E-state index in [0.29, 0.717) is 5.56 Å². The van der Waals surface area contributed by atoms with Gasteiger partial charge in [0, 0.05) is 15.7 Å². The van der Waals surface area contributed by atoms with Crippen LogP contribution in [0.5, 0.6) is 0 Å². The third-order valence-electron chi connectivity index (χ3n) is 3.16. The summed E-state index contributed by atoms with van der Waals surface area (Å²) < 4.78 is 2.48. The molecule has 0 atom stereocenters. The summed E-state index contributed by atoms with van der Waals surface area (Å²) in [5.41, 5.74) is 3.03. The molecule has 1 heterocycles. The Morgan fingerprint density at radius 1 is 1.23 bits per heavy atom. The molecule has 0 spiro atoms. The summed E-state index contributed by atoms with van der Waals surface area (Å²) in [5, 5.41) is 13.9. The van der Waals surface area contributed by atoms with Gasteiger partial charge in [-0.05, 0) is 59.3 Å². The summed E-state index contributed by atoms with van der Waals surface area (Å²) in [4.78, 5) is 12.4. The lowest BCUT2D eigenvalue weighted by atomic mass is 10.1. The quantitative estimate of drug-likeness (QED) is 0.781. The van der Waals surface area contributed by atoms with Gasteiger partial charge < -0.3 is 5.32 Å². The van der Waals surface area contributed by atoms with Crippen LogP contribution in [0.25, 0.3) is 5.69 Å². The lowest BCUT2D eigenvalue weighted by Crippen LogP contribution is -2.13. The average molecular weight is 358 g/mol. The number of aryl methyl sites for hydroxylation is 1. The molecule has 1 aromatic heterocycles. The van der Waals surface area contributed by atoms with Gasteiger partial charge in [-0.2, -0.15) is 0 Å². The first kappa shape index (κ1) is 14.4. The smallest absolute Gasteiger partial charge is 0.255 e. The van der Waals surface area contributed by atoms with E-state index < -0.39 is 0 Å². The summed E-state index contributed by atoms with van der Waals surface area (Å²) >= 11 is 3.40. The Balaban J connectivity index is 1.85. The Hall–Kier alpha value is -2.54. The number of benzene rings is 2. The van der Waals surface area contributed by atoms with E-state index in [2.05, 4.69) is 36.8 Å². The van der Waals surface area contributed by atoms with Crippen LogP contribution in [0.1, 0.15) is 15.9 Å². The summed E-state index contributed by atoms with van der Waals surface area (Å²) in [7, 11) is 0. The highest BCUT2D eigenvalue weighted by Gasteiger charge is 2.09. The van der Waals surface area contributed by atoms with E-state index in [9.17, 15) is 4.79 Å². The first-order valence-electron chi connectivity index (χ1n) is 6.54. The van der Waals surface area contributed by atoms with Crippen LogP contribution in [0.3, 0.4) is 0 Å². The molecule has 0 bridgehead atoms. The van der Waals surface area contributed by atoms with Gasteiger partial charge in [0.05, 0.1) is 5.69 Å². The van der Waals surface area contributed by atoms with E-state index in [1.807, 2.05) is 31.2 Å². The van der Waals surface area contributed by atoms with E-state index in [1.165, 1.54) is 11.0 Å². The van der Waals surface area contributed by atoms with Crippen molar-refractivity contribution in [2.75, 3.05) is 5.32 Å². The lowest BCUT2D eigenvalue weighted by molar-refractivity contribution is 0.102. The number of rotatable bonds is 3. The predicted molar refractivity (Wildman–Crippen MR) is 86.0 cm³/mol. The maximum atomic E-state index is 12.4. The Morgan fingerprint density at radius 3 is 2.82 bits per heavy atom. The van der Waals surface area contributed by atoms with Crippen LogP contribution in [0.4, 0.5) is 5.69 Å². The van der Waals surface area contributed by atoms with Crippen LogP contribution in [-0.4, -0.2) is 26.1 Å². The van der Waals surface area contributed by atoms with Crippen molar-refractivity contribution < 1.29 is 4.79 Å². The minimum absolute atomic E-state index is 0.180. The highest BCUT2D eigenvalue weighted by atomic mass is 79.9. The molecule has 22 heavy (non-hydrogen) atoms. The number of aromatic nitrogens is 4. The molecule has 3 aromatic rings. The van der Waals surface area contributed by atoms with E-state index in [1.54, 1.807) is 18.2 Å². The number of nitrogens with one attached hydrogen (secondary N) is 1. The number of carbonyl (C=O) groups is 1. The molecule has 0 saturated carbocycles. The zero-order valence-electron chi connectivity index (χ0n) is 11.7. The largest absolute Gasteiger partial charge is 0.322 e. The van der Waals surface area contributed by atoms with Crippen LogP contribution < -0.4 is 5.32 Å². The monoisotopic (exact) mass is 357 g/mol. The van der Waals surface area contributed by atoms with Crippen molar-refractivity contribution >= 4 is 27.5 Å². The molecule has 2 aromatic carbocycles. The standard InChI is InChI=1S/C15H12BrN5O/c1-10-7-12(16)5-6-14(10)18-15(22)11-3-2-4-13(8-11)21-9-17-19-20-21/h2-9H,1H3,(H,18,22). The Labute approximate surface area is 135 Å². The van der Waals surface area contributed by atoms with E-state index in [0.717, 1.165) is 21.4 Å². The van der Waals surface area contributed by atoms with Crippen LogP contribution >= 0.6 is 15.9 Å². The minimum Gasteiger partial charge on any atom is -0.322 e. The van der Waals surface area contributed by atoms with Gasteiger partial charge in [0.2, 0.25) is 0 Å². The normalized spacial score (nSPS) is 10.5. The maximum absolute atomic E-state index is 12.4. The molecule has 1 amide bonds. The van der Waals surface area contributed by atoms with Gasteiger partial charge in [-0.25, -0.2) is 4.68 Å². The zero-order valence-corrected chi connectivity index (χ0v) is 13.3. The number of amides is 1. The summed E-state index contributed by atoms with van der Waals surface area (Å²) in [6, 6.07) is 12.8. The highest BCUT2D eigenvalue weighted by molar-refractivity contribution is 9.10. The van der Waals surface area contributed by atoms with Gasteiger partial charge in [-0.15, -0.1) is 5.10 Å². The second-order valence-electron chi connectivity index (χ2n) is 4.72. The SMILES string of the molecule is Cc1cc(Br)ccc1NC(=O)c1cccc(-n2cnnn2)c1. The van der Waals surface area contributed by atoms with Gasteiger partial charge in [-0.3, -0.25) is 4.79 Å². The number of nitrogens with zero attached hydrogens (tertiary/aromatic N) is 4. The Kier molecular flexibility index (Phi) is 3.97. The molecule has 0 saturated heterocycles. The van der Waals surface area contributed by atoms with Crippen LogP contribution in [0.2, 0.25) is 0 Å². The summed E-state index contributed by atoms with van der Waals surface area (Å²) in [6.07, 6.45) is 1.48. The van der Waals surface area contributed by atoms with E-state index in [4.69, 9.17) is 0 Å². The highest BCUT2D eigenvalue weighted by Crippen LogP contribution is 2.21. The molecule has 7 heteroatoms. The Morgan fingerprint density at radius 2 is 2.09 bits per heavy atom. The number of hydrogen-bond acceptors (Lipinski definition) is 4. The van der Waals surface area contributed by atoms with Gasteiger partial charge in [0.25, 0.3) is 5.91 Å². The van der Waals surface area contributed by atoms with Gasteiger partial charge >= 0.3 is 0 Å². The molecular formula is C15H12BrN5O. The molecule has 0 unspecified atom stereocenters. The van der Waals surface area contributed by atoms with Crippen molar-refractivity contribution in [2.45, 2.75) is 6.92 Å². The summed E-state index contributed by atoms with van der Waals surface area (Å²) in [6.45, 7) is 1.94. The topological polar surface area (TPSA) is 72.7 Å². The molecule has 0 fully saturated rings. The number of anilines is 1. The van der Waals surface area contributed by atoms with Gasteiger partial charge in [0.15, 0.2) is 0 Å². The molecule has 3 rings (SSSR count). The van der Waals surface area contributed by atoms with E-state index >= 15 is 0 Å². The third kappa shape index (κ3) is 3.04. The lowest BCUT2D eigenvalue weighted by Gasteiger charge is -2.09. The maximum Gasteiger partial charge on any atom is 0.255 e. The predicted octanol–water partition coefficient (Wildman–Crippen LogP) is 2.99. The zero-order chi connectivity index (χ0) is 15.5. The fourth-order valence-corrected chi connectivity index (χ4v) is 2.51. The first-order chi connectivity index (χ1) is 10.6. The average Bonchev–Trinajstić information content (AvgIpc) is 3.04. The fraction of sp³-hybridized carbons (Fsp3) is 0.0667. The molecule has 1 N–H and O–H groups in total. The van der Waals surface area contributed by atoms with Crippen molar-refractivity contribution in [3.8, 4) is 5.69 Å². The molecule has 6 nitrogen and oxygen atoms in total. The van der Waals surface area contributed by atoms with Crippen molar-refractivity contribution in [1.29, 1.82) is 0 Å². The molecule has 0 aliphatic heterocycles. The summed E-state index contributed by atoms with van der Waals surface area (Å²) in [5.74, 6) is -0.180. The molecule has 0 radical (unpaired) electrons. The van der Waals surface area contributed by atoms with Gasteiger partial charge in [-0.1, -0.05) is 22.0 Å². The second-order valence-corrected chi connectivity index (χ2v) is 5.63. The fourth-order valence-electron chi connectivity index (χ4n) is 2.03. The van der Waals surface area contributed by atoms with Crippen molar-refractivity contribution in [3.63, 3.8) is 0 Å². The molecule has 0 aliphatic rings. The first-order valence-corrected chi connectivity index (χ1v) is 7.34. The minimum atomic E-state index is -0.180. The van der Waals surface area contributed by atoms with Crippen molar-refractivity contribution in [1.82, 2.24) is 20.2 Å². The number of tetrazole rings is 1. The van der Waals surface area contributed by atoms with Crippen LogP contribution in [0.15, 0.2) is 53.3 Å². The van der Waals surface area contributed by atoms with Crippen molar-refractivity contribution in [3.05, 3.63) is 64.4 Å². The van der Waals surface area contributed by atoms with Crippen LogP contribution in [0, 0.1) is 6.92 Å².